The van der Waals surface area contributed by atoms with Crippen LogP contribution in [0.3, 0.4) is 0 Å². The van der Waals surface area contributed by atoms with Gasteiger partial charge in [0.1, 0.15) is 5.60 Å². The Balaban J connectivity index is 1.84. The Hall–Kier alpha value is -1.54. The number of rotatable bonds is 8. The second kappa shape index (κ2) is 12.4. The van der Waals surface area contributed by atoms with Gasteiger partial charge in [-0.3, -0.25) is 9.59 Å². The van der Waals surface area contributed by atoms with E-state index < -0.39 is 11.7 Å². The zero-order valence-electron chi connectivity index (χ0n) is 21.9. The van der Waals surface area contributed by atoms with Crippen LogP contribution in [0, 0.1) is 23.7 Å². The minimum Gasteiger partial charge on any atom is -0.444 e. The molecule has 8 nitrogen and oxygen atoms in total. The van der Waals surface area contributed by atoms with Crippen molar-refractivity contribution < 1.29 is 19.1 Å². The van der Waals surface area contributed by atoms with E-state index in [2.05, 4.69) is 34.7 Å². The van der Waals surface area contributed by atoms with Crippen LogP contribution in [0.25, 0.3) is 0 Å². The normalized spacial score (nSPS) is 32.1. The van der Waals surface area contributed by atoms with Crippen molar-refractivity contribution in [3.05, 3.63) is 0 Å². The fraction of sp³-hybridized carbons (Fsp3) is 0.880. The van der Waals surface area contributed by atoms with Crippen LogP contribution in [-0.2, 0) is 14.3 Å². The number of ether oxygens (including phenoxy) is 1. The topological polar surface area (TPSA) is 99.8 Å². The largest absolute Gasteiger partial charge is 0.444 e. The van der Waals surface area contributed by atoms with Gasteiger partial charge in [0.15, 0.2) is 0 Å². The van der Waals surface area contributed by atoms with Gasteiger partial charge in [-0.2, -0.15) is 0 Å². The summed E-state index contributed by atoms with van der Waals surface area (Å²) in [6.07, 6.45) is 2.75. The molecule has 7 atom stereocenters. The molecule has 1 aliphatic carbocycles. The lowest BCUT2D eigenvalue weighted by Gasteiger charge is -2.42. The molecule has 0 bridgehead atoms. The van der Waals surface area contributed by atoms with Gasteiger partial charge in [0.2, 0.25) is 11.8 Å². The van der Waals surface area contributed by atoms with Crippen molar-refractivity contribution in [1.82, 2.24) is 20.9 Å². The maximum atomic E-state index is 13.1. The second-order valence-electron chi connectivity index (χ2n) is 11.3. The number of nitrogens with one attached hydrogen (secondary N) is 3. The zero-order valence-corrected chi connectivity index (χ0v) is 22.7. The van der Waals surface area contributed by atoms with Crippen molar-refractivity contribution in [2.24, 2.45) is 23.7 Å². The summed E-state index contributed by atoms with van der Waals surface area (Å²) in [6, 6.07) is 0.353. The van der Waals surface area contributed by atoms with E-state index >= 15 is 0 Å². The molecule has 34 heavy (non-hydrogen) atoms. The average molecular weight is 501 g/mol. The number of nitrogens with zero attached hydrogens (tertiary/aromatic N) is 1. The number of alkyl carbamates (subject to hydrolysis) is 1. The molecule has 196 valence electrons. The molecule has 5 unspecified atom stereocenters. The lowest BCUT2D eigenvalue weighted by atomic mass is 9.75. The van der Waals surface area contributed by atoms with Crippen LogP contribution in [0.5, 0.6) is 0 Å². The van der Waals surface area contributed by atoms with Crippen molar-refractivity contribution in [2.45, 2.75) is 90.3 Å². The van der Waals surface area contributed by atoms with Crippen LogP contribution < -0.4 is 16.0 Å². The van der Waals surface area contributed by atoms with Crippen molar-refractivity contribution in [1.29, 1.82) is 0 Å². The molecule has 1 aliphatic heterocycles. The van der Waals surface area contributed by atoms with E-state index in [0.29, 0.717) is 19.5 Å². The van der Waals surface area contributed by atoms with Gasteiger partial charge in [0.25, 0.3) is 0 Å². The van der Waals surface area contributed by atoms with Gasteiger partial charge in [0, 0.05) is 36.5 Å². The summed E-state index contributed by atoms with van der Waals surface area (Å²) in [5.41, 5.74) is -0.513. The number of hydrogen-bond donors (Lipinski definition) is 3. The summed E-state index contributed by atoms with van der Waals surface area (Å²) in [4.78, 5) is 39.5. The number of alkyl halides is 1. The molecule has 0 aromatic heterocycles. The third-order valence-corrected chi connectivity index (χ3v) is 7.50. The zero-order chi connectivity index (χ0) is 25.6. The van der Waals surface area contributed by atoms with E-state index in [4.69, 9.17) is 16.3 Å². The first-order valence-electron chi connectivity index (χ1n) is 12.7. The smallest absolute Gasteiger partial charge is 0.407 e. The van der Waals surface area contributed by atoms with Gasteiger partial charge in [0.05, 0.1) is 5.92 Å². The Morgan fingerprint density at radius 3 is 2.44 bits per heavy atom. The van der Waals surface area contributed by atoms with Crippen LogP contribution in [-0.4, -0.2) is 72.6 Å². The van der Waals surface area contributed by atoms with Gasteiger partial charge < -0.3 is 25.6 Å². The Morgan fingerprint density at radius 2 is 1.82 bits per heavy atom. The highest BCUT2D eigenvalue weighted by Crippen LogP contribution is 2.36. The van der Waals surface area contributed by atoms with Gasteiger partial charge in [-0.1, -0.05) is 13.8 Å². The van der Waals surface area contributed by atoms with Gasteiger partial charge in [-0.05, 0) is 78.8 Å². The van der Waals surface area contributed by atoms with E-state index in [0.717, 1.165) is 25.8 Å². The summed E-state index contributed by atoms with van der Waals surface area (Å²) in [5, 5.41) is 8.76. The van der Waals surface area contributed by atoms with Crippen LogP contribution in [0.4, 0.5) is 4.79 Å². The Morgan fingerprint density at radius 1 is 1.15 bits per heavy atom. The predicted molar refractivity (Wildman–Crippen MR) is 135 cm³/mol. The predicted octanol–water partition coefficient (Wildman–Crippen LogP) is 3.13. The molecule has 0 radical (unpaired) electrons. The highest BCUT2D eigenvalue weighted by atomic mass is 35.5. The molecule has 1 heterocycles. The van der Waals surface area contributed by atoms with E-state index in [1.54, 1.807) is 0 Å². The monoisotopic (exact) mass is 500 g/mol. The standard InChI is InChI=1S/C25H45ClN4O4/c1-15-11-16(2)29-23(32)20(15)14-28-22(31)19-12-18(26)13-21(17(19)3)30(7)10-8-9-27-24(33)34-25(4,5)6/h15-21H,8-14H2,1-7H3,(H,27,33)(H,28,31)(H,29,32)/t15?,16-,17?,18+,19?,20?,21?/m1/s1. The molecule has 2 fully saturated rings. The van der Waals surface area contributed by atoms with E-state index in [-0.39, 0.29) is 52.9 Å². The van der Waals surface area contributed by atoms with Crippen molar-refractivity contribution in [3.8, 4) is 0 Å². The van der Waals surface area contributed by atoms with Gasteiger partial charge >= 0.3 is 6.09 Å². The number of carbonyl (C=O) groups is 3. The summed E-state index contributed by atoms with van der Waals surface area (Å²) < 4.78 is 5.27. The van der Waals surface area contributed by atoms with Crippen LogP contribution in [0.1, 0.15) is 67.2 Å². The molecule has 1 saturated carbocycles. The SMILES string of the molecule is CC1C[C@@H](C)NC(=O)C1CNC(=O)C1C[C@H](Cl)CC(N(C)CCCNC(=O)OC(C)(C)C)C1C. The van der Waals surface area contributed by atoms with Gasteiger partial charge in [-0.15, -0.1) is 11.6 Å². The molecular formula is C25H45ClN4O4. The lowest BCUT2D eigenvalue weighted by Crippen LogP contribution is -2.53. The number of carbonyl (C=O) groups excluding carboxylic acids is 3. The summed E-state index contributed by atoms with van der Waals surface area (Å²) in [6.45, 7) is 13.4. The molecule has 3 N–H and O–H groups in total. The van der Waals surface area contributed by atoms with Crippen molar-refractivity contribution in [3.63, 3.8) is 0 Å². The average Bonchev–Trinajstić information content (AvgIpc) is 2.70. The molecule has 1 saturated heterocycles. The van der Waals surface area contributed by atoms with Crippen LogP contribution >= 0.6 is 11.6 Å². The lowest BCUT2D eigenvalue weighted by molar-refractivity contribution is -0.131. The first-order valence-corrected chi connectivity index (χ1v) is 13.1. The highest BCUT2D eigenvalue weighted by Gasteiger charge is 2.40. The fourth-order valence-electron chi connectivity index (χ4n) is 5.28. The van der Waals surface area contributed by atoms with Crippen LogP contribution in [0.15, 0.2) is 0 Å². The molecular weight excluding hydrogens is 456 g/mol. The van der Waals surface area contributed by atoms with E-state index in [9.17, 15) is 14.4 Å². The third kappa shape index (κ3) is 8.59. The van der Waals surface area contributed by atoms with Gasteiger partial charge in [-0.25, -0.2) is 4.79 Å². The minimum atomic E-state index is -0.513. The maximum absolute atomic E-state index is 13.1. The first-order chi connectivity index (χ1) is 15.8. The summed E-state index contributed by atoms with van der Waals surface area (Å²) >= 11 is 6.59. The first kappa shape index (κ1) is 28.7. The van der Waals surface area contributed by atoms with E-state index in [1.165, 1.54) is 0 Å². The van der Waals surface area contributed by atoms with Crippen LogP contribution in [0.2, 0.25) is 0 Å². The number of halogens is 1. The summed E-state index contributed by atoms with van der Waals surface area (Å²) in [5.74, 6) is 0.00186. The third-order valence-electron chi connectivity index (χ3n) is 7.14. The molecule has 9 heteroatoms. The quantitative estimate of drug-likeness (QED) is 0.351. The molecule has 0 aromatic carbocycles. The second-order valence-corrected chi connectivity index (χ2v) is 12.0. The Bertz CT molecular complexity index is 714. The maximum Gasteiger partial charge on any atom is 0.407 e. The van der Waals surface area contributed by atoms with E-state index in [1.807, 2.05) is 34.7 Å². The summed E-state index contributed by atoms with van der Waals surface area (Å²) in [7, 11) is 2.05. The fourth-order valence-corrected chi connectivity index (χ4v) is 5.66. The van der Waals surface area contributed by atoms with Crippen molar-refractivity contribution in [2.75, 3.05) is 26.7 Å². The molecule has 0 aromatic rings. The minimum absolute atomic E-state index is 0.0125. The Kier molecular flexibility index (Phi) is 10.5. The van der Waals surface area contributed by atoms with Crippen molar-refractivity contribution >= 4 is 29.5 Å². The highest BCUT2D eigenvalue weighted by molar-refractivity contribution is 6.20. The molecule has 2 aliphatic rings. The number of piperidine rings is 1. The number of hydrogen-bond acceptors (Lipinski definition) is 5. The number of amides is 3. The molecule has 3 amide bonds. The molecule has 2 rings (SSSR count). The molecule has 0 spiro atoms. The Labute approximate surface area is 210 Å².